The van der Waals surface area contributed by atoms with Gasteiger partial charge in [0.05, 0.1) is 6.61 Å². The molecule has 0 atom stereocenters. The minimum atomic E-state index is 0.0509. The number of rotatable bonds is 7. The van der Waals surface area contributed by atoms with Crippen molar-refractivity contribution in [3.63, 3.8) is 0 Å². The summed E-state index contributed by atoms with van der Waals surface area (Å²) in [6.45, 7) is 7.24. The molecule has 0 radical (unpaired) electrons. The number of nitrogens with one attached hydrogen (secondary N) is 1. The molecule has 4 nitrogen and oxygen atoms in total. The van der Waals surface area contributed by atoms with Crippen LogP contribution in [0.5, 0.6) is 0 Å². The van der Waals surface area contributed by atoms with E-state index < -0.39 is 0 Å². The van der Waals surface area contributed by atoms with Gasteiger partial charge in [-0.05, 0) is 38.3 Å². The minimum absolute atomic E-state index is 0.0509. The first-order valence-electron chi connectivity index (χ1n) is 6.73. The number of likely N-dealkylation sites (tertiary alicyclic amines) is 1. The maximum absolute atomic E-state index is 10.9. The van der Waals surface area contributed by atoms with Gasteiger partial charge in [-0.15, -0.1) is 0 Å². The summed E-state index contributed by atoms with van der Waals surface area (Å²) in [6, 6.07) is 0. The molecular formula is C13H26N2O2. The van der Waals surface area contributed by atoms with Crippen molar-refractivity contribution >= 4 is 5.91 Å². The molecule has 1 amide bonds. The zero-order valence-electron chi connectivity index (χ0n) is 11.2. The van der Waals surface area contributed by atoms with E-state index in [2.05, 4.69) is 17.1 Å². The van der Waals surface area contributed by atoms with Crippen LogP contribution < -0.4 is 5.32 Å². The van der Waals surface area contributed by atoms with Crippen LogP contribution in [0.1, 0.15) is 32.6 Å². The second-order valence-corrected chi connectivity index (χ2v) is 4.91. The summed E-state index contributed by atoms with van der Waals surface area (Å²) >= 11 is 0. The van der Waals surface area contributed by atoms with E-state index >= 15 is 0 Å². The molecule has 0 aromatic heterocycles. The smallest absolute Gasteiger partial charge is 0.222 e. The fourth-order valence-corrected chi connectivity index (χ4v) is 2.07. The predicted molar refractivity (Wildman–Crippen MR) is 69.0 cm³/mol. The average Bonchev–Trinajstić information content (AvgIpc) is 2.35. The molecule has 1 aliphatic heterocycles. The lowest BCUT2D eigenvalue weighted by molar-refractivity contribution is -0.121. The molecule has 0 aliphatic carbocycles. The molecule has 4 heteroatoms. The molecule has 1 N–H and O–H groups in total. The Morgan fingerprint density at radius 1 is 1.35 bits per heavy atom. The third-order valence-corrected chi connectivity index (χ3v) is 3.39. The van der Waals surface area contributed by atoms with Crippen LogP contribution in [0.3, 0.4) is 0 Å². The van der Waals surface area contributed by atoms with E-state index in [1.54, 1.807) is 7.05 Å². The first-order chi connectivity index (χ1) is 8.22. The predicted octanol–water partition coefficient (Wildman–Crippen LogP) is 1.26. The highest BCUT2D eigenvalue weighted by molar-refractivity contribution is 5.75. The van der Waals surface area contributed by atoms with Crippen LogP contribution in [0.2, 0.25) is 0 Å². The van der Waals surface area contributed by atoms with E-state index in [-0.39, 0.29) is 5.91 Å². The first-order valence-corrected chi connectivity index (χ1v) is 6.73. The highest BCUT2D eigenvalue weighted by Crippen LogP contribution is 2.15. The molecule has 1 heterocycles. The maximum atomic E-state index is 10.9. The molecule has 17 heavy (non-hydrogen) atoms. The van der Waals surface area contributed by atoms with Gasteiger partial charge in [0.1, 0.15) is 0 Å². The Kier molecular flexibility index (Phi) is 7.21. The number of carbonyl (C=O) groups is 1. The van der Waals surface area contributed by atoms with E-state index in [0.29, 0.717) is 13.0 Å². The monoisotopic (exact) mass is 242 g/mol. The van der Waals surface area contributed by atoms with Gasteiger partial charge in [0.25, 0.3) is 0 Å². The summed E-state index contributed by atoms with van der Waals surface area (Å²) < 4.78 is 5.43. The molecule has 0 aromatic carbocycles. The molecule has 1 rings (SSSR count). The molecule has 0 bridgehead atoms. The Bertz CT molecular complexity index is 213. The molecule has 1 aliphatic rings. The van der Waals surface area contributed by atoms with E-state index in [1.807, 2.05) is 0 Å². The fraction of sp³-hybridized carbons (Fsp3) is 0.923. The lowest BCUT2D eigenvalue weighted by atomic mass is 9.99. The quantitative estimate of drug-likeness (QED) is 0.683. The van der Waals surface area contributed by atoms with E-state index in [1.165, 1.54) is 25.9 Å². The summed E-state index contributed by atoms with van der Waals surface area (Å²) in [6.07, 6.45) is 4.20. The number of hydrogen-bond acceptors (Lipinski definition) is 3. The van der Waals surface area contributed by atoms with Gasteiger partial charge in [-0.3, -0.25) is 4.79 Å². The topological polar surface area (TPSA) is 41.6 Å². The molecule has 1 saturated heterocycles. The maximum Gasteiger partial charge on any atom is 0.222 e. The summed E-state index contributed by atoms with van der Waals surface area (Å²) in [5.74, 6) is 0.949. The van der Waals surface area contributed by atoms with Crippen LogP contribution >= 0.6 is 0 Å². The van der Waals surface area contributed by atoms with Crippen LogP contribution in [-0.4, -0.2) is 50.7 Å². The van der Waals surface area contributed by atoms with Crippen molar-refractivity contribution in [1.29, 1.82) is 0 Å². The lowest BCUT2D eigenvalue weighted by Crippen LogP contribution is -2.34. The van der Waals surface area contributed by atoms with Crippen molar-refractivity contribution in [2.24, 2.45) is 5.92 Å². The number of hydrogen-bond donors (Lipinski definition) is 1. The Hall–Kier alpha value is -0.610. The lowest BCUT2D eigenvalue weighted by Gasteiger charge is -2.30. The van der Waals surface area contributed by atoms with Gasteiger partial charge < -0.3 is 15.0 Å². The van der Waals surface area contributed by atoms with E-state index in [4.69, 9.17) is 4.74 Å². The average molecular weight is 242 g/mol. The van der Waals surface area contributed by atoms with Gasteiger partial charge in [-0.1, -0.05) is 6.92 Å². The Morgan fingerprint density at radius 3 is 2.71 bits per heavy atom. The van der Waals surface area contributed by atoms with Gasteiger partial charge in [-0.2, -0.15) is 0 Å². The third-order valence-electron chi connectivity index (χ3n) is 3.39. The normalized spacial score (nSPS) is 18.2. The van der Waals surface area contributed by atoms with Crippen molar-refractivity contribution in [2.45, 2.75) is 32.6 Å². The highest BCUT2D eigenvalue weighted by Gasteiger charge is 2.14. The van der Waals surface area contributed by atoms with Gasteiger partial charge >= 0.3 is 0 Å². The van der Waals surface area contributed by atoms with Crippen molar-refractivity contribution in [2.75, 3.05) is 39.9 Å². The van der Waals surface area contributed by atoms with Gasteiger partial charge in [0.2, 0.25) is 5.91 Å². The SMILES string of the molecule is CNC(=O)CCOCCCN1CCC(C)CC1. The molecule has 0 aromatic rings. The van der Waals surface area contributed by atoms with Crippen molar-refractivity contribution in [3.8, 4) is 0 Å². The summed E-state index contributed by atoms with van der Waals surface area (Å²) in [5.41, 5.74) is 0. The van der Waals surface area contributed by atoms with Gasteiger partial charge in [0, 0.05) is 26.6 Å². The van der Waals surface area contributed by atoms with Crippen LogP contribution in [0.4, 0.5) is 0 Å². The van der Waals surface area contributed by atoms with Crippen LogP contribution in [0.15, 0.2) is 0 Å². The second kappa shape index (κ2) is 8.48. The molecule has 1 fully saturated rings. The number of amides is 1. The number of carbonyl (C=O) groups excluding carboxylic acids is 1. The van der Waals surface area contributed by atoms with Crippen molar-refractivity contribution < 1.29 is 9.53 Å². The molecular weight excluding hydrogens is 216 g/mol. The standard InChI is InChI=1S/C13H26N2O2/c1-12-4-8-15(9-5-12)7-3-10-17-11-6-13(16)14-2/h12H,3-11H2,1-2H3,(H,14,16). The van der Waals surface area contributed by atoms with Crippen molar-refractivity contribution in [1.82, 2.24) is 10.2 Å². The largest absolute Gasteiger partial charge is 0.381 e. The summed E-state index contributed by atoms with van der Waals surface area (Å²) in [4.78, 5) is 13.4. The molecule has 100 valence electrons. The highest BCUT2D eigenvalue weighted by atomic mass is 16.5. The number of ether oxygens (including phenoxy) is 1. The summed E-state index contributed by atoms with van der Waals surface area (Å²) in [7, 11) is 1.65. The fourth-order valence-electron chi connectivity index (χ4n) is 2.07. The number of piperidine rings is 1. The third kappa shape index (κ3) is 6.64. The minimum Gasteiger partial charge on any atom is -0.381 e. The van der Waals surface area contributed by atoms with E-state index in [9.17, 15) is 4.79 Å². The Morgan fingerprint density at radius 2 is 2.06 bits per heavy atom. The van der Waals surface area contributed by atoms with Gasteiger partial charge in [-0.25, -0.2) is 0 Å². The zero-order chi connectivity index (χ0) is 12.5. The molecule has 0 unspecified atom stereocenters. The Balaban J connectivity index is 1.89. The first kappa shape index (κ1) is 14.5. The van der Waals surface area contributed by atoms with Gasteiger partial charge in [0.15, 0.2) is 0 Å². The number of nitrogens with zero attached hydrogens (tertiary/aromatic N) is 1. The Labute approximate surface area is 105 Å². The molecule has 0 spiro atoms. The van der Waals surface area contributed by atoms with E-state index in [0.717, 1.165) is 25.5 Å². The van der Waals surface area contributed by atoms with Crippen LogP contribution in [0.25, 0.3) is 0 Å². The second-order valence-electron chi connectivity index (χ2n) is 4.91. The van der Waals surface area contributed by atoms with Crippen molar-refractivity contribution in [3.05, 3.63) is 0 Å². The summed E-state index contributed by atoms with van der Waals surface area (Å²) in [5, 5.41) is 2.58. The van der Waals surface area contributed by atoms with Crippen LogP contribution in [0, 0.1) is 5.92 Å². The zero-order valence-corrected chi connectivity index (χ0v) is 11.2. The molecule has 0 saturated carbocycles. The van der Waals surface area contributed by atoms with Crippen LogP contribution in [-0.2, 0) is 9.53 Å².